The molecule has 1 rings (SSSR count). The van der Waals surface area contributed by atoms with Crippen molar-refractivity contribution < 1.29 is 28.8 Å². The predicted molar refractivity (Wildman–Crippen MR) is 133 cm³/mol. The molecule has 0 heterocycles. The van der Waals surface area contributed by atoms with E-state index >= 15 is 0 Å². The Morgan fingerprint density at radius 2 is 1.03 bits per heavy atom. The van der Waals surface area contributed by atoms with Gasteiger partial charge in [0.25, 0.3) is 0 Å². The van der Waals surface area contributed by atoms with E-state index in [9.17, 15) is 0 Å². The van der Waals surface area contributed by atoms with Gasteiger partial charge >= 0.3 is 0 Å². The summed E-state index contributed by atoms with van der Waals surface area (Å²) in [6.45, 7) is 7.20. The largest absolute Gasteiger partial charge is 0.494 e. The number of hydrogen-bond donors (Lipinski definition) is 1. The van der Waals surface area contributed by atoms with Crippen LogP contribution in [0.2, 0.25) is 0 Å². The third-order valence-electron chi connectivity index (χ3n) is 5.31. The van der Waals surface area contributed by atoms with Crippen LogP contribution in [0, 0.1) is 0 Å². The fourth-order valence-corrected chi connectivity index (χ4v) is 3.38. The summed E-state index contributed by atoms with van der Waals surface area (Å²) >= 11 is 0. The standard InChI is InChI=1S/C27H48O6/c1-2-3-4-5-6-7-8-9-10-11-17-33-27-14-12-26(13-15-27)25-32-24-23-31-22-21-30-20-19-29-18-16-28/h12-15,28H,2-11,16-25H2,1H3. The quantitative estimate of drug-likeness (QED) is 0.190. The summed E-state index contributed by atoms with van der Waals surface area (Å²) in [6, 6.07) is 8.16. The van der Waals surface area contributed by atoms with Crippen LogP contribution >= 0.6 is 0 Å². The van der Waals surface area contributed by atoms with Crippen LogP contribution < -0.4 is 4.74 Å². The van der Waals surface area contributed by atoms with E-state index in [1.807, 2.05) is 12.1 Å². The third kappa shape index (κ3) is 20.0. The molecule has 0 saturated carbocycles. The van der Waals surface area contributed by atoms with Crippen LogP contribution in [0.5, 0.6) is 5.75 Å². The molecule has 1 N–H and O–H groups in total. The molecule has 0 aliphatic rings. The topological polar surface area (TPSA) is 66.4 Å². The van der Waals surface area contributed by atoms with Gasteiger partial charge < -0.3 is 28.8 Å². The second-order valence-corrected chi connectivity index (χ2v) is 8.29. The summed E-state index contributed by atoms with van der Waals surface area (Å²) in [6.07, 6.45) is 13.4. The monoisotopic (exact) mass is 468 g/mol. The van der Waals surface area contributed by atoms with E-state index in [2.05, 4.69) is 19.1 Å². The molecular formula is C27H48O6. The first-order valence-corrected chi connectivity index (χ1v) is 13.0. The highest BCUT2D eigenvalue weighted by Crippen LogP contribution is 2.14. The van der Waals surface area contributed by atoms with Crippen LogP contribution in [0.15, 0.2) is 24.3 Å². The van der Waals surface area contributed by atoms with Crippen molar-refractivity contribution in [1.82, 2.24) is 0 Å². The van der Waals surface area contributed by atoms with Gasteiger partial charge in [0.05, 0.1) is 66.1 Å². The van der Waals surface area contributed by atoms with Gasteiger partial charge in [0, 0.05) is 0 Å². The van der Waals surface area contributed by atoms with E-state index in [1.54, 1.807) is 0 Å². The SMILES string of the molecule is CCCCCCCCCCCCOc1ccc(COCCOCCOCCOCCO)cc1. The molecule has 33 heavy (non-hydrogen) atoms. The molecule has 0 aliphatic heterocycles. The number of benzene rings is 1. The second-order valence-electron chi connectivity index (χ2n) is 8.29. The lowest BCUT2D eigenvalue weighted by Gasteiger charge is -2.09. The van der Waals surface area contributed by atoms with Crippen LogP contribution in [0.25, 0.3) is 0 Å². The van der Waals surface area contributed by atoms with E-state index in [0.29, 0.717) is 52.9 Å². The minimum atomic E-state index is 0.0421. The summed E-state index contributed by atoms with van der Waals surface area (Å²) in [4.78, 5) is 0. The minimum Gasteiger partial charge on any atom is -0.494 e. The maximum absolute atomic E-state index is 8.58. The Bertz CT molecular complexity index is 508. The Hall–Kier alpha value is -1.18. The number of rotatable bonds is 25. The number of hydrogen-bond acceptors (Lipinski definition) is 6. The van der Waals surface area contributed by atoms with Crippen molar-refractivity contribution in [3.8, 4) is 5.75 Å². The average Bonchev–Trinajstić information content (AvgIpc) is 2.84. The molecule has 0 spiro atoms. The van der Waals surface area contributed by atoms with Crippen molar-refractivity contribution in [3.63, 3.8) is 0 Å². The smallest absolute Gasteiger partial charge is 0.119 e. The molecule has 0 fully saturated rings. The molecule has 6 nitrogen and oxygen atoms in total. The van der Waals surface area contributed by atoms with Gasteiger partial charge in [0.1, 0.15) is 5.75 Å². The number of unbranched alkanes of at least 4 members (excludes halogenated alkanes) is 9. The van der Waals surface area contributed by atoms with Crippen molar-refractivity contribution in [2.75, 3.05) is 59.5 Å². The fourth-order valence-electron chi connectivity index (χ4n) is 3.38. The van der Waals surface area contributed by atoms with Crippen molar-refractivity contribution in [2.45, 2.75) is 77.7 Å². The highest BCUT2D eigenvalue weighted by atomic mass is 16.6. The van der Waals surface area contributed by atoms with Crippen LogP contribution in [0.3, 0.4) is 0 Å². The lowest BCUT2D eigenvalue weighted by atomic mass is 10.1. The first-order valence-electron chi connectivity index (χ1n) is 13.0. The van der Waals surface area contributed by atoms with E-state index < -0.39 is 0 Å². The Kier molecular flexibility index (Phi) is 21.7. The van der Waals surface area contributed by atoms with E-state index in [4.69, 9.17) is 28.8 Å². The Morgan fingerprint density at radius 1 is 0.545 bits per heavy atom. The lowest BCUT2D eigenvalue weighted by Crippen LogP contribution is -2.12. The Labute approximate surface area is 201 Å². The molecule has 1 aromatic rings. The van der Waals surface area contributed by atoms with Crippen molar-refractivity contribution in [3.05, 3.63) is 29.8 Å². The molecule has 6 heteroatoms. The zero-order chi connectivity index (χ0) is 23.7. The van der Waals surface area contributed by atoms with Gasteiger partial charge in [-0.1, -0.05) is 76.8 Å². The van der Waals surface area contributed by atoms with Crippen LogP contribution in [0.1, 0.15) is 76.7 Å². The van der Waals surface area contributed by atoms with Gasteiger partial charge in [-0.2, -0.15) is 0 Å². The van der Waals surface area contributed by atoms with E-state index in [1.165, 1.54) is 57.8 Å². The summed E-state index contributed by atoms with van der Waals surface area (Å²) in [5.74, 6) is 0.930. The zero-order valence-corrected chi connectivity index (χ0v) is 20.9. The third-order valence-corrected chi connectivity index (χ3v) is 5.31. The first kappa shape index (κ1) is 29.9. The van der Waals surface area contributed by atoms with Gasteiger partial charge in [-0.25, -0.2) is 0 Å². The van der Waals surface area contributed by atoms with Gasteiger partial charge in [-0.15, -0.1) is 0 Å². The zero-order valence-electron chi connectivity index (χ0n) is 20.9. The Morgan fingerprint density at radius 3 is 1.58 bits per heavy atom. The molecule has 0 bridgehead atoms. The molecule has 0 amide bonds. The molecule has 0 saturated heterocycles. The summed E-state index contributed by atoms with van der Waals surface area (Å²) in [7, 11) is 0. The Balaban J connectivity index is 1.88. The lowest BCUT2D eigenvalue weighted by molar-refractivity contribution is -0.00743. The fraction of sp³-hybridized carbons (Fsp3) is 0.778. The highest BCUT2D eigenvalue weighted by molar-refractivity contribution is 5.26. The molecule has 0 aliphatic carbocycles. The minimum absolute atomic E-state index is 0.0421. The van der Waals surface area contributed by atoms with Crippen LogP contribution in [-0.4, -0.2) is 64.6 Å². The van der Waals surface area contributed by atoms with Crippen LogP contribution in [0.4, 0.5) is 0 Å². The number of ether oxygens (including phenoxy) is 5. The first-order chi connectivity index (χ1) is 16.4. The molecule has 0 unspecified atom stereocenters. The number of aliphatic hydroxyl groups excluding tert-OH is 1. The van der Waals surface area contributed by atoms with Gasteiger partial charge in [0.2, 0.25) is 0 Å². The molecule has 0 atom stereocenters. The van der Waals surface area contributed by atoms with E-state index in [0.717, 1.165) is 24.3 Å². The van der Waals surface area contributed by atoms with Crippen LogP contribution in [-0.2, 0) is 25.6 Å². The molecule has 0 aromatic heterocycles. The van der Waals surface area contributed by atoms with Gasteiger partial charge in [0.15, 0.2) is 0 Å². The summed E-state index contributed by atoms with van der Waals surface area (Å²) < 4.78 is 27.4. The predicted octanol–water partition coefficient (Wildman–Crippen LogP) is 5.55. The summed E-state index contributed by atoms with van der Waals surface area (Å²) in [5.41, 5.74) is 1.13. The second kappa shape index (κ2) is 24.0. The van der Waals surface area contributed by atoms with E-state index in [-0.39, 0.29) is 6.61 Å². The molecular weight excluding hydrogens is 420 g/mol. The molecule has 0 radical (unpaired) electrons. The average molecular weight is 469 g/mol. The van der Waals surface area contributed by atoms with Crippen molar-refractivity contribution in [1.29, 1.82) is 0 Å². The van der Waals surface area contributed by atoms with Crippen molar-refractivity contribution >= 4 is 0 Å². The highest BCUT2D eigenvalue weighted by Gasteiger charge is 1.98. The summed E-state index contributed by atoms with van der Waals surface area (Å²) in [5, 5.41) is 8.58. The normalized spacial score (nSPS) is 11.2. The molecule has 1 aromatic carbocycles. The maximum atomic E-state index is 8.58. The molecule has 192 valence electrons. The maximum Gasteiger partial charge on any atom is 0.119 e. The van der Waals surface area contributed by atoms with Crippen molar-refractivity contribution in [2.24, 2.45) is 0 Å². The van der Waals surface area contributed by atoms with Gasteiger partial charge in [-0.05, 0) is 24.1 Å². The van der Waals surface area contributed by atoms with Gasteiger partial charge in [-0.3, -0.25) is 0 Å². The number of aliphatic hydroxyl groups is 1.